The smallest absolute Gasteiger partial charge is 0.256 e. The molecular weight excluding hydrogens is 376 g/mol. The maximum atomic E-state index is 12.9. The first-order chi connectivity index (χ1) is 14.2. The predicted molar refractivity (Wildman–Crippen MR) is 124 cm³/mol. The van der Waals surface area contributed by atoms with Gasteiger partial charge < -0.3 is 14.8 Å². The number of anilines is 1. The van der Waals surface area contributed by atoms with Crippen molar-refractivity contribution in [3.05, 3.63) is 24.3 Å². The molecule has 1 N–H and O–H groups in total. The maximum Gasteiger partial charge on any atom is 0.256 e. The third-order valence-electron chi connectivity index (χ3n) is 5.64. The average Bonchev–Trinajstić information content (AvgIpc) is 2.66. The summed E-state index contributed by atoms with van der Waals surface area (Å²) in [4.78, 5) is 15.4. The molecular formula is C25H42N2O3. The van der Waals surface area contributed by atoms with Crippen LogP contribution in [0.1, 0.15) is 60.8 Å². The molecule has 1 aromatic rings. The molecule has 0 bridgehead atoms. The number of carbonyl (C=O) groups is 1. The Bertz CT molecular complexity index is 636. The number of nitrogens with zero attached hydrogens (tertiary/aromatic N) is 1. The zero-order valence-corrected chi connectivity index (χ0v) is 19.9. The van der Waals surface area contributed by atoms with Gasteiger partial charge in [-0.15, -0.1) is 0 Å². The predicted octanol–water partition coefficient (Wildman–Crippen LogP) is 5.21. The lowest BCUT2D eigenvalue weighted by Crippen LogP contribution is -2.44. The second kappa shape index (κ2) is 11.7. The lowest BCUT2D eigenvalue weighted by atomic mass is 9.92. The van der Waals surface area contributed by atoms with Crippen LogP contribution in [0.3, 0.4) is 0 Å². The third-order valence-corrected chi connectivity index (χ3v) is 5.64. The topological polar surface area (TPSA) is 50.8 Å². The molecule has 5 nitrogen and oxygen atoms in total. The number of piperidine rings is 1. The second-order valence-electron chi connectivity index (χ2n) is 9.71. The molecule has 0 radical (unpaired) electrons. The van der Waals surface area contributed by atoms with Gasteiger partial charge in [-0.3, -0.25) is 9.69 Å². The minimum atomic E-state index is -0.817. The van der Waals surface area contributed by atoms with E-state index in [1.807, 2.05) is 31.2 Å². The van der Waals surface area contributed by atoms with E-state index in [1.54, 1.807) is 0 Å². The number of amides is 1. The monoisotopic (exact) mass is 418 g/mol. The van der Waals surface area contributed by atoms with Crippen LogP contribution in [0.2, 0.25) is 0 Å². The highest BCUT2D eigenvalue weighted by molar-refractivity contribution is 5.97. The Morgan fingerprint density at radius 1 is 1.17 bits per heavy atom. The SMILES string of the molecule is CCCO[C@](C)(CC(C)C)C(=O)Nc1ccc(OCCN2C[C@@H](C)C[C@H](C)C2)cc1. The molecule has 0 aromatic heterocycles. The molecule has 1 aliphatic rings. The van der Waals surface area contributed by atoms with Crippen molar-refractivity contribution < 1.29 is 14.3 Å². The minimum absolute atomic E-state index is 0.0911. The van der Waals surface area contributed by atoms with Crippen molar-refractivity contribution in [1.29, 1.82) is 0 Å². The largest absolute Gasteiger partial charge is 0.492 e. The van der Waals surface area contributed by atoms with Crippen LogP contribution in [-0.4, -0.2) is 49.3 Å². The van der Waals surface area contributed by atoms with Crippen molar-refractivity contribution in [2.24, 2.45) is 17.8 Å². The van der Waals surface area contributed by atoms with Gasteiger partial charge in [0.1, 0.15) is 18.0 Å². The van der Waals surface area contributed by atoms with Gasteiger partial charge in [-0.25, -0.2) is 0 Å². The number of hydrogen-bond acceptors (Lipinski definition) is 4. The van der Waals surface area contributed by atoms with Gasteiger partial charge in [-0.05, 0) is 68.2 Å². The van der Waals surface area contributed by atoms with E-state index in [-0.39, 0.29) is 5.91 Å². The normalized spacial score (nSPS) is 22.0. The summed E-state index contributed by atoms with van der Waals surface area (Å²) in [6.07, 6.45) is 2.90. The fourth-order valence-electron chi connectivity index (χ4n) is 4.49. The number of nitrogens with one attached hydrogen (secondary N) is 1. The Balaban J connectivity index is 1.84. The van der Waals surface area contributed by atoms with Gasteiger partial charge in [-0.1, -0.05) is 34.6 Å². The minimum Gasteiger partial charge on any atom is -0.492 e. The van der Waals surface area contributed by atoms with Crippen LogP contribution in [0, 0.1) is 17.8 Å². The van der Waals surface area contributed by atoms with E-state index in [2.05, 4.69) is 44.8 Å². The van der Waals surface area contributed by atoms with Gasteiger partial charge in [0, 0.05) is 31.9 Å². The zero-order valence-electron chi connectivity index (χ0n) is 19.9. The molecule has 1 amide bonds. The highest BCUT2D eigenvalue weighted by Gasteiger charge is 2.35. The maximum absolute atomic E-state index is 12.9. The lowest BCUT2D eigenvalue weighted by molar-refractivity contribution is -0.141. The second-order valence-corrected chi connectivity index (χ2v) is 9.71. The number of ether oxygens (including phenoxy) is 2. The summed E-state index contributed by atoms with van der Waals surface area (Å²) in [6, 6.07) is 7.63. The first kappa shape index (κ1) is 24.7. The Morgan fingerprint density at radius 2 is 1.80 bits per heavy atom. The van der Waals surface area contributed by atoms with Crippen molar-refractivity contribution in [1.82, 2.24) is 4.90 Å². The molecule has 0 spiro atoms. The summed E-state index contributed by atoms with van der Waals surface area (Å²) in [5.74, 6) is 2.64. The van der Waals surface area contributed by atoms with Crippen molar-refractivity contribution in [2.75, 3.05) is 38.2 Å². The Hall–Kier alpha value is -1.59. The van der Waals surface area contributed by atoms with E-state index < -0.39 is 5.60 Å². The summed E-state index contributed by atoms with van der Waals surface area (Å²) in [6.45, 7) is 17.4. The van der Waals surface area contributed by atoms with Crippen LogP contribution in [0.15, 0.2) is 24.3 Å². The Labute approximate surface area is 183 Å². The standard InChI is InChI=1S/C25H42N2O3/c1-7-13-30-25(6,16-19(2)3)24(28)26-22-8-10-23(11-9-22)29-14-12-27-17-20(4)15-21(5)18-27/h8-11,19-21H,7,12-18H2,1-6H3,(H,26,28)/t20-,21-,25+/m0/s1. The van der Waals surface area contributed by atoms with Crippen LogP contribution in [0.5, 0.6) is 5.75 Å². The van der Waals surface area contributed by atoms with E-state index >= 15 is 0 Å². The molecule has 5 heteroatoms. The molecule has 0 unspecified atom stereocenters. The fourth-order valence-corrected chi connectivity index (χ4v) is 4.49. The summed E-state index contributed by atoms with van der Waals surface area (Å²) in [5, 5.41) is 3.01. The van der Waals surface area contributed by atoms with Crippen LogP contribution in [0.4, 0.5) is 5.69 Å². The summed E-state index contributed by atoms with van der Waals surface area (Å²) >= 11 is 0. The van der Waals surface area contributed by atoms with E-state index in [1.165, 1.54) is 6.42 Å². The number of likely N-dealkylation sites (tertiary alicyclic amines) is 1. The summed E-state index contributed by atoms with van der Waals surface area (Å²) in [5.41, 5.74) is -0.0525. The molecule has 0 saturated carbocycles. The van der Waals surface area contributed by atoms with Gasteiger partial charge in [0.05, 0.1) is 0 Å². The number of benzene rings is 1. The first-order valence-corrected chi connectivity index (χ1v) is 11.6. The van der Waals surface area contributed by atoms with Gasteiger partial charge in [0.25, 0.3) is 5.91 Å². The molecule has 2 rings (SSSR count). The quantitative estimate of drug-likeness (QED) is 0.536. The van der Waals surface area contributed by atoms with Crippen LogP contribution < -0.4 is 10.1 Å². The van der Waals surface area contributed by atoms with Crippen molar-refractivity contribution in [2.45, 2.75) is 66.4 Å². The lowest BCUT2D eigenvalue weighted by Gasteiger charge is -2.34. The fraction of sp³-hybridized carbons (Fsp3) is 0.720. The first-order valence-electron chi connectivity index (χ1n) is 11.6. The Kier molecular flexibility index (Phi) is 9.63. The molecule has 0 aliphatic carbocycles. The highest BCUT2D eigenvalue weighted by Crippen LogP contribution is 2.25. The van der Waals surface area contributed by atoms with Gasteiger partial charge in [0.2, 0.25) is 0 Å². The molecule has 1 aliphatic heterocycles. The summed E-state index contributed by atoms with van der Waals surface area (Å²) in [7, 11) is 0. The number of carbonyl (C=O) groups excluding carboxylic acids is 1. The van der Waals surface area contributed by atoms with Gasteiger partial charge in [0.15, 0.2) is 0 Å². The Morgan fingerprint density at radius 3 is 2.37 bits per heavy atom. The zero-order chi connectivity index (χ0) is 22.1. The molecule has 170 valence electrons. The van der Waals surface area contributed by atoms with Crippen molar-refractivity contribution in [3.63, 3.8) is 0 Å². The molecule has 1 aromatic carbocycles. The molecule has 1 fully saturated rings. The van der Waals surface area contributed by atoms with Crippen molar-refractivity contribution >= 4 is 11.6 Å². The third kappa shape index (κ3) is 7.92. The van der Waals surface area contributed by atoms with Crippen LogP contribution >= 0.6 is 0 Å². The summed E-state index contributed by atoms with van der Waals surface area (Å²) < 4.78 is 11.9. The molecule has 30 heavy (non-hydrogen) atoms. The van der Waals surface area contributed by atoms with E-state index in [9.17, 15) is 4.79 Å². The molecule has 1 saturated heterocycles. The highest BCUT2D eigenvalue weighted by atomic mass is 16.5. The molecule has 1 heterocycles. The van der Waals surface area contributed by atoms with E-state index in [0.29, 0.717) is 25.6 Å². The average molecular weight is 419 g/mol. The number of hydrogen-bond donors (Lipinski definition) is 1. The van der Waals surface area contributed by atoms with Gasteiger partial charge in [-0.2, -0.15) is 0 Å². The van der Waals surface area contributed by atoms with Crippen LogP contribution in [0.25, 0.3) is 0 Å². The van der Waals surface area contributed by atoms with Gasteiger partial charge >= 0.3 is 0 Å². The number of rotatable bonds is 11. The van der Waals surface area contributed by atoms with Crippen molar-refractivity contribution in [3.8, 4) is 5.75 Å². The molecule has 3 atom stereocenters. The van der Waals surface area contributed by atoms with E-state index in [4.69, 9.17) is 9.47 Å². The van der Waals surface area contributed by atoms with E-state index in [0.717, 1.165) is 49.3 Å². The van der Waals surface area contributed by atoms with Crippen LogP contribution in [-0.2, 0) is 9.53 Å².